The smallest absolute Gasteiger partial charge is 0.0233 e. The van der Waals surface area contributed by atoms with Gasteiger partial charge in [0.25, 0.3) is 0 Å². The number of nitrogens with one attached hydrogen (secondary N) is 1. The van der Waals surface area contributed by atoms with E-state index in [0.717, 1.165) is 6.04 Å². The number of piperazine rings is 1. The van der Waals surface area contributed by atoms with Crippen LogP contribution in [0.5, 0.6) is 0 Å². The predicted molar refractivity (Wildman–Crippen MR) is 86.5 cm³/mol. The van der Waals surface area contributed by atoms with Crippen LogP contribution in [0.15, 0.2) is 35.2 Å². The molecule has 0 radical (unpaired) electrons. The first-order chi connectivity index (χ1) is 9.92. The topological polar surface area (TPSA) is 18.5 Å². The summed E-state index contributed by atoms with van der Waals surface area (Å²) in [5.74, 6) is 1.20. The van der Waals surface area contributed by atoms with Gasteiger partial charge in [-0.2, -0.15) is 0 Å². The first kappa shape index (κ1) is 14.4. The van der Waals surface area contributed by atoms with Gasteiger partial charge >= 0.3 is 0 Å². The van der Waals surface area contributed by atoms with E-state index in [9.17, 15) is 0 Å². The summed E-state index contributed by atoms with van der Waals surface area (Å²) >= 11 is 1.97. The second-order valence-electron chi connectivity index (χ2n) is 5.69. The average molecular weight is 291 g/mol. The van der Waals surface area contributed by atoms with Gasteiger partial charge in [-0.05, 0) is 25.1 Å². The Balaban J connectivity index is 1.34. The maximum atomic E-state index is 3.47. The van der Waals surface area contributed by atoms with Gasteiger partial charge in [-0.1, -0.05) is 18.2 Å². The molecule has 1 N–H and O–H groups in total. The highest BCUT2D eigenvalue weighted by Gasteiger charge is 2.25. The Bertz CT molecular complexity index is 384. The molecule has 0 amide bonds. The second-order valence-corrected chi connectivity index (χ2v) is 6.85. The minimum Gasteiger partial charge on any atom is -0.315 e. The van der Waals surface area contributed by atoms with Gasteiger partial charge in [-0.3, -0.25) is 9.80 Å². The molecule has 1 aromatic carbocycles. The van der Waals surface area contributed by atoms with Crippen molar-refractivity contribution in [2.24, 2.45) is 0 Å². The molecule has 1 aromatic rings. The van der Waals surface area contributed by atoms with Crippen LogP contribution in [-0.4, -0.2) is 67.4 Å². The van der Waals surface area contributed by atoms with Gasteiger partial charge < -0.3 is 5.32 Å². The van der Waals surface area contributed by atoms with Crippen molar-refractivity contribution in [2.45, 2.75) is 17.4 Å². The van der Waals surface area contributed by atoms with Crippen LogP contribution in [-0.2, 0) is 0 Å². The monoisotopic (exact) mass is 291 g/mol. The summed E-state index contributed by atoms with van der Waals surface area (Å²) in [6.45, 7) is 8.61. The lowest BCUT2D eigenvalue weighted by atomic mass is 10.2. The van der Waals surface area contributed by atoms with Crippen LogP contribution < -0.4 is 5.32 Å². The van der Waals surface area contributed by atoms with Crippen molar-refractivity contribution in [1.29, 1.82) is 0 Å². The quantitative estimate of drug-likeness (QED) is 0.833. The molecule has 0 aromatic heterocycles. The van der Waals surface area contributed by atoms with E-state index < -0.39 is 0 Å². The maximum absolute atomic E-state index is 3.47. The minimum atomic E-state index is 0.802. The highest BCUT2D eigenvalue weighted by molar-refractivity contribution is 7.99. The Morgan fingerprint density at radius 3 is 2.60 bits per heavy atom. The molecule has 4 heteroatoms. The lowest BCUT2D eigenvalue weighted by molar-refractivity contribution is 0.107. The molecule has 0 saturated carbocycles. The molecule has 1 atom stereocenters. The Morgan fingerprint density at radius 2 is 1.90 bits per heavy atom. The van der Waals surface area contributed by atoms with Crippen molar-refractivity contribution < 1.29 is 0 Å². The third kappa shape index (κ3) is 3.98. The third-order valence-electron chi connectivity index (χ3n) is 4.38. The fraction of sp³-hybridized carbons (Fsp3) is 0.625. The lowest BCUT2D eigenvalue weighted by Gasteiger charge is -2.37. The standard InChI is InChI=1S/C16H25N3S/c1-2-4-16(5-3-1)20-13-12-18-8-10-19(11-9-18)15-6-7-17-14-15/h1-5,15,17H,6-14H2. The third-order valence-corrected chi connectivity index (χ3v) is 5.37. The van der Waals surface area contributed by atoms with Crippen molar-refractivity contribution in [3.63, 3.8) is 0 Å². The van der Waals surface area contributed by atoms with Crippen LogP contribution in [0.25, 0.3) is 0 Å². The van der Waals surface area contributed by atoms with Gasteiger partial charge in [0.05, 0.1) is 0 Å². The summed E-state index contributed by atoms with van der Waals surface area (Å²) in [7, 11) is 0. The zero-order valence-electron chi connectivity index (χ0n) is 12.1. The van der Waals surface area contributed by atoms with Gasteiger partial charge in [0, 0.05) is 56.0 Å². The molecule has 20 heavy (non-hydrogen) atoms. The molecule has 0 spiro atoms. The zero-order chi connectivity index (χ0) is 13.6. The highest BCUT2D eigenvalue weighted by Crippen LogP contribution is 2.17. The predicted octanol–water partition coefficient (Wildman–Crippen LogP) is 1.76. The van der Waals surface area contributed by atoms with Gasteiger partial charge in [0.15, 0.2) is 0 Å². The molecular formula is C16H25N3S. The molecule has 2 saturated heterocycles. The van der Waals surface area contributed by atoms with E-state index in [1.807, 2.05) is 11.8 Å². The zero-order valence-corrected chi connectivity index (χ0v) is 12.9. The summed E-state index contributed by atoms with van der Waals surface area (Å²) in [5.41, 5.74) is 0. The molecular weight excluding hydrogens is 266 g/mol. The average Bonchev–Trinajstić information content (AvgIpc) is 3.03. The molecule has 2 fully saturated rings. The van der Waals surface area contributed by atoms with Gasteiger partial charge in [0.1, 0.15) is 0 Å². The molecule has 2 heterocycles. The lowest BCUT2D eigenvalue weighted by Crippen LogP contribution is -2.51. The van der Waals surface area contributed by atoms with Gasteiger partial charge in [0.2, 0.25) is 0 Å². The molecule has 3 nitrogen and oxygen atoms in total. The molecule has 110 valence electrons. The number of thioether (sulfide) groups is 1. The Kier molecular flexibility index (Phi) is 5.36. The van der Waals surface area contributed by atoms with E-state index >= 15 is 0 Å². The van der Waals surface area contributed by atoms with E-state index in [0.29, 0.717) is 0 Å². The van der Waals surface area contributed by atoms with Crippen LogP contribution in [0.2, 0.25) is 0 Å². The number of benzene rings is 1. The highest BCUT2D eigenvalue weighted by atomic mass is 32.2. The van der Waals surface area contributed by atoms with Crippen molar-refractivity contribution in [3.8, 4) is 0 Å². The van der Waals surface area contributed by atoms with Crippen molar-refractivity contribution in [1.82, 2.24) is 15.1 Å². The van der Waals surface area contributed by atoms with Crippen LogP contribution >= 0.6 is 11.8 Å². The molecule has 2 aliphatic rings. The molecule has 1 unspecified atom stereocenters. The number of nitrogens with zero attached hydrogens (tertiary/aromatic N) is 2. The normalized spacial score (nSPS) is 25.1. The molecule has 0 bridgehead atoms. The van der Waals surface area contributed by atoms with Crippen molar-refractivity contribution in [2.75, 3.05) is 51.6 Å². The van der Waals surface area contributed by atoms with E-state index in [4.69, 9.17) is 0 Å². The SMILES string of the molecule is c1ccc(SCCN2CCN(C3CCNC3)CC2)cc1. The van der Waals surface area contributed by atoms with E-state index in [1.165, 1.54) is 62.9 Å². The fourth-order valence-electron chi connectivity index (χ4n) is 3.11. The van der Waals surface area contributed by atoms with E-state index in [2.05, 4.69) is 45.4 Å². The first-order valence-corrected chi connectivity index (χ1v) is 8.75. The number of rotatable bonds is 5. The van der Waals surface area contributed by atoms with Crippen LogP contribution in [0, 0.1) is 0 Å². The summed E-state index contributed by atoms with van der Waals surface area (Å²) in [6, 6.07) is 11.5. The summed E-state index contributed by atoms with van der Waals surface area (Å²) in [4.78, 5) is 6.69. The number of hydrogen-bond donors (Lipinski definition) is 1. The Labute approximate surface area is 126 Å². The van der Waals surface area contributed by atoms with Crippen LogP contribution in [0.3, 0.4) is 0 Å². The summed E-state index contributed by atoms with van der Waals surface area (Å²) in [5, 5.41) is 3.47. The van der Waals surface area contributed by atoms with Crippen molar-refractivity contribution >= 4 is 11.8 Å². The van der Waals surface area contributed by atoms with Gasteiger partial charge in [-0.25, -0.2) is 0 Å². The number of hydrogen-bond acceptors (Lipinski definition) is 4. The van der Waals surface area contributed by atoms with Gasteiger partial charge in [-0.15, -0.1) is 11.8 Å². The minimum absolute atomic E-state index is 0.802. The second kappa shape index (κ2) is 7.46. The largest absolute Gasteiger partial charge is 0.315 e. The first-order valence-electron chi connectivity index (χ1n) is 7.77. The molecule has 2 aliphatic heterocycles. The van der Waals surface area contributed by atoms with Crippen LogP contribution in [0.4, 0.5) is 0 Å². The molecule has 0 aliphatic carbocycles. The Hall–Kier alpha value is -0.550. The maximum Gasteiger partial charge on any atom is 0.0233 e. The van der Waals surface area contributed by atoms with Crippen LogP contribution in [0.1, 0.15) is 6.42 Å². The fourth-order valence-corrected chi connectivity index (χ4v) is 4.05. The summed E-state index contributed by atoms with van der Waals surface area (Å²) < 4.78 is 0. The van der Waals surface area contributed by atoms with Crippen molar-refractivity contribution in [3.05, 3.63) is 30.3 Å². The van der Waals surface area contributed by atoms with E-state index in [1.54, 1.807) is 0 Å². The van der Waals surface area contributed by atoms with E-state index in [-0.39, 0.29) is 0 Å². The molecule has 3 rings (SSSR count). The summed E-state index contributed by atoms with van der Waals surface area (Å²) in [6.07, 6.45) is 1.34. The Morgan fingerprint density at radius 1 is 1.10 bits per heavy atom.